The Morgan fingerprint density at radius 2 is 2.07 bits per heavy atom. The maximum atomic E-state index is 13.4. The van der Waals surface area contributed by atoms with Crippen molar-refractivity contribution in [2.75, 3.05) is 33.2 Å². The highest BCUT2D eigenvalue weighted by Gasteiger charge is 2.25. The number of rotatable bonds is 10. The van der Waals surface area contributed by atoms with Crippen molar-refractivity contribution in [3.63, 3.8) is 0 Å². The average Bonchev–Trinajstić information content (AvgIpc) is 3.15. The van der Waals surface area contributed by atoms with Gasteiger partial charge in [0.25, 0.3) is 0 Å². The van der Waals surface area contributed by atoms with Gasteiger partial charge in [-0.05, 0) is 57.0 Å². The maximum absolute atomic E-state index is 13.4. The van der Waals surface area contributed by atoms with E-state index in [2.05, 4.69) is 34.9 Å². The molecule has 3 N–H and O–H groups in total. The lowest BCUT2D eigenvalue weighted by atomic mass is 9.99. The van der Waals surface area contributed by atoms with Crippen molar-refractivity contribution in [3.8, 4) is 0 Å². The fourth-order valence-electron chi connectivity index (χ4n) is 3.67. The number of nitrogens with one attached hydrogen (secondary N) is 3. The van der Waals surface area contributed by atoms with Crippen molar-refractivity contribution in [1.29, 1.82) is 0 Å². The lowest BCUT2D eigenvalue weighted by Crippen LogP contribution is -2.47. The van der Waals surface area contributed by atoms with Crippen LogP contribution in [-0.4, -0.2) is 61.1 Å². The Morgan fingerprint density at radius 3 is 2.75 bits per heavy atom. The molecule has 1 heterocycles. The van der Waals surface area contributed by atoms with Crippen molar-refractivity contribution in [2.45, 2.75) is 58.2 Å². The highest BCUT2D eigenvalue weighted by Crippen LogP contribution is 2.24. The SMILES string of the molecule is CCN(CC)CC(C)NC(=O)N(C)CCCC1CC(c2cccc(F)c2)NN1. The van der Waals surface area contributed by atoms with Gasteiger partial charge in [0.05, 0.1) is 0 Å². The minimum Gasteiger partial charge on any atom is -0.334 e. The zero-order valence-corrected chi connectivity index (χ0v) is 17.7. The van der Waals surface area contributed by atoms with Gasteiger partial charge in [-0.3, -0.25) is 10.9 Å². The highest BCUT2D eigenvalue weighted by molar-refractivity contribution is 5.74. The first-order valence-electron chi connectivity index (χ1n) is 10.4. The number of hydrazine groups is 1. The Balaban J connectivity index is 1.66. The van der Waals surface area contributed by atoms with E-state index in [0.717, 1.165) is 44.5 Å². The van der Waals surface area contributed by atoms with Crippen molar-refractivity contribution in [3.05, 3.63) is 35.6 Å². The third kappa shape index (κ3) is 7.04. The minimum atomic E-state index is -0.203. The number of halogens is 1. The van der Waals surface area contributed by atoms with Gasteiger partial charge in [-0.2, -0.15) is 0 Å². The summed E-state index contributed by atoms with van der Waals surface area (Å²) < 4.78 is 13.4. The van der Waals surface area contributed by atoms with Crippen molar-refractivity contribution in [2.24, 2.45) is 0 Å². The summed E-state index contributed by atoms with van der Waals surface area (Å²) in [4.78, 5) is 16.4. The molecule has 1 saturated heterocycles. The summed E-state index contributed by atoms with van der Waals surface area (Å²) in [5.74, 6) is -0.203. The molecule has 1 aromatic rings. The number of nitrogens with zero attached hydrogens (tertiary/aromatic N) is 2. The van der Waals surface area contributed by atoms with Crippen LogP contribution in [0.5, 0.6) is 0 Å². The van der Waals surface area contributed by atoms with Gasteiger partial charge in [0.2, 0.25) is 0 Å². The summed E-state index contributed by atoms with van der Waals surface area (Å²) in [5.41, 5.74) is 7.52. The van der Waals surface area contributed by atoms with E-state index in [1.807, 2.05) is 20.0 Å². The topological polar surface area (TPSA) is 59.6 Å². The van der Waals surface area contributed by atoms with Gasteiger partial charge in [0.1, 0.15) is 5.82 Å². The van der Waals surface area contributed by atoms with Crippen LogP contribution in [-0.2, 0) is 0 Å². The van der Waals surface area contributed by atoms with E-state index < -0.39 is 0 Å². The van der Waals surface area contributed by atoms with Crippen LogP contribution < -0.4 is 16.2 Å². The molecule has 0 aromatic heterocycles. The number of amides is 2. The van der Waals surface area contributed by atoms with Crippen LogP contribution in [0.15, 0.2) is 24.3 Å². The molecule has 0 spiro atoms. The third-order valence-corrected chi connectivity index (χ3v) is 5.42. The Morgan fingerprint density at radius 1 is 1.32 bits per heavy atom. The molecule has 1 aliphatic heterocycles. The molecule has 7 heteroatoms. The molecule has 1 aliphatic rings. The van der Waals surface area contributed by atoms with E-state index in [-0.39, 0.29) is 23.9 Å². The molecule has 1 fully saturated rings. The van der Waals surface area contributed by atoms with E-state index in [0.29, 0.717) is 12.6 Å². The summed E-state index contributed by atoms with van der Waals surface area (Å²) in [6.07, 6.45) is 2.80. The largest absolute Gasteiger partial charge is 0.334 e. The van der Waals surface area contributed by atoms with Gasteiger partial charge in [0.15, 0.2) is 0 Å². The second-order valence-electron chi connectivity index (χ2n) is 7.73. The van der Waals surface area contributed by atoms with E-state index in [4.69, 9.17) is 0 Å². The minimum absolute atomic E-state index is 0.0187. The standard InChI is InChI=1S/C21H36FN5O/c1-5-27(6-2)15-16(3)23-21(28)26(4)12-8-11-19-14-20(25-24-19)17-9-7-10-18(22)13-17/h7,9-10,13,16,19-20,24-25H,5-6,8,11-12,14-15H2,1-4H3,(H,23,28). The molecule has 6 nitrogen and oxygen atoms in total. The van der Waals surface area contributed by atoms with Gasteiger partial charge >= 0.3 is 6.03 Å². The fraction of sp³-hybridized carbons (Fsp3) is 0.667. The quantitative estimate of drug-likeness (QED) is 0.572. The third-order valence-electron chi connectivity index (χ3n) is 5.42. The second kappa shape index (κ2) is 11.3. The van der Waals surface area contributed by atoms with Crippen LogP contribution in [0.3, 0.4) is 0 Å². The first-order valence-corrected chi connectivity index (χ1v) is 10.4. The summed E-state index contributed by atoms with van der Waals surface area (Å²) in [6.45, 7) is 9.88. The van der Waals surface area contributed by atoms with Gasteiger partial charge in [-0.25, -0.2) is 9.18 Å². The Hall–Kier alpha value is -1.70. The van der Waals surface area contributed by atoms with Crippen LogP contribution in [0.25, 0.3) is 0 Å². The Bertz CT molecular complexity index is 610. The summed E-state index contributed by atoms with van der Waals surface area (Å²) in [7, 11) is 1.84. The highest BCUT2D eigenvalue weighted by atomic mass is 19.1. The normalized spacial score (nSPS) is 20.4. The molecule has 158 valence electrons. The number of urea groups is 1. The van der Waals surface area contributed by atoms with E-state index in [9.17, 15) is 9.18 Å². The van der Waals surface area contributed by atoms with E-state index in [1.54, 1.807) is 17.0 Å². The van der Waals surface area contributed by atoms with Crippen LogP contribution in [0.1, 0.15) is 51.6 Å². The predicted molar refractivity (Wildman–Crippen MR) is 111 cm³/mol. The molecule has 3 atom stereocenters. The number of carbonyl (C=O) groups excluding carboxylic acids is 1. The molecule has 28 heavy (non-hydrogen) atoms. The van der Waals surface area contributed by atoms with Crippen molar-refractivity contribution in [1.82, 2.24) is 26.0 Å². The second-order valence-corrected chi connectivity index (χ2v) is 7.73. The molecule has 0 saturated carbocycles. The molecular weight excluding hydrogens is 357 g/mol. The molecule has 0 aliphatic carbocycles. The molecule has 2 amide bonds. The molecule has 0 radical (unpaired) electrons. The van der Waals surface area contributed by atoms with Crippen molar-refractivity contribution < 1.29 is 9.18 Å². The summed E-state index contributed by atoms with van der Waals surface area (Å²) >= 11 is 0. The summed E-state index contributed by atoms with van der Waals surface area (Å²) in [5, 5.41) is 3.07. The first kappa shape index (κ1) is 22.6. The van der Waals surface area contributed by atoms with Crippen LogP contribution in [0.4, 0.5) is 9.18 Å². The zero-order valence-electron chi connectivity index (χ0n) is 17.7. The average molecular weight is 394 g/mol. The smallest absolute Gasteiger partial charge is 0.317 e. The first-order chi connectivity index (χ1) is 13.4. The molecule has 0 bridgehead atoms. The molecule has 3 unspecified atom stereocenters. The van der Waals surface area contributed by atoms with Gasteiger partial charge in [-0.15, -0.1) is 0 Å². The molecule has 2 rings (SSSR count). The number of hydrogen-bond donors (Lipinski definition) is 3. The Labute approximate surface area is 168 Å². The maximum Gasteiger partial charge on any atom is 0.317 e. The number of carbonyl (C=O) groups is 1. The Kier molecular flexibility index (Phi) is 9.15. The number of likely N-dealkylation sites (N-methyl/N-ethyl adjacent to an activating group) is 1. The van der Waals surface area contributed by atoms with Gasteiger partial charge < -0.3 is 15.1 Å². The van der Waals surface area contributed by atoms with Gasteiger partial charge in [0, 0.05) is 38.3 Å². The predicted octanol–water partition coefficient (Wildman–Crippen LogP) is 2.89. The van der Waals surface area contributed by atoms with Gasteiger partial charge in [-0.1, -0.05) is 26.0 Å². The molecular formula is C21H36FN5O. The lowest BCUT2D eigenvalue weighted by Gasteiger charge is -2.26. The lowest BCUT2D eigenvalue weighted by molar-refractivity contribution is 0.197. The number of benzene rings is 1. The number of hydrogen-bond acceptors (Lipinski definition) is 4. The van der Waals surface area contributed by atoms with E-state index in [1.165, 1.54) is 6.07 Å². The fourth-order valence-corrected chi connectivity index (χ4v) is 3.67. The van der Waals surface area contributed by atoms with Crippen LogP contribution >= 0.6 is 0 Å². The summed E-state index contributed by atoms with van der Waals surface area (Å²) in [6, 6.07) is 7.30. The monoisotopic (exact) mass is 393 g/mol. The zero-order chi connectivity index (χ0) is 20.5. The van der Waals surface area contributed by atoms with Crippen LogP contribution in [0, 0.1) is 5.82 Å². The molecule has 1 aromatic carbocycles. The van der Waals surface area contributed by atoms with Crippen LogP contribution in [0.2, 0.25) is 0 Å². The van der Waals surface area contributed by atoms with E-state index >= 15 is 0 Å². The van der Waals surface area contributed by atoms with Crippen molar-refractivity contribution >= 4 is 6.03 Å².